The number of pyridine rings is 1. The van der Waals surface area contributed by atoms with Gasteiger partial charge in [0.1, 0.15) is 11.6 Å². The second-order valence-electron chi connectivity index (χ2n) is 9.73. The fourth-order valence-corrected chi connectivity index (χ4v) is 6.70. The zero-order valence-electron chi connectivity index (χ0n) is 21.5. The van der Waals surface area contributed by atoms with E-state index in [1.54, 1.807) is 6.07 Å². The van der Waals surface area contributed by atoms with E-state index in [9.17, 15) is 31.2 Å². The average molecular weight is 568 g/mol. The number of sulfonamides is 1. The summed E-state index contributed by atoms with van der Waals surface area (Å²) in [6.45, 7) is 5.89. The van der Waals surface area contributed by atoms with Gasteiger partial charge in [-0.15, -0.1) is 0 Å². The summed E-state index contributed by atoms with van der Waals surface area (Å²) in [5.74, 6) is -0.632. The number of benzene rings is 1. The van der Waals surface area contributed by atoms with E-state index in [-0.39, 0.29) is 41.7 Å². The van der Waals surface area contributed by atoms with Gasteiger partial charge in [0, 0.05) is 30.5 Å². The van der Waals surface area contributed by atoms with Crippen LogP contribution in [0, 0.1) is 0 Å². The van der Waals surface area contributed by atoms with Crippen LogP contribution in [0.15, 0.2) is 30.5 Å². The molecule has 0 atom stereocenters. The molecular weight excluding hydrogens is 538 g/mol. The maximum Gasteiger partial charge on any atom is 0.328 e. The monoisotopic (exact) mass is 567 g/mol. The van der Waals surface area contributed by atoms with Gasteiger partial charge in [-0.2, -0.15) is 0 Å². The van der Waals surface area contributed by atoms with Crippen molar-refractivity contribution in [2.45, 2.75) is 32.6 Å². The van der Waals surface area contributed by atoms with Gasteiger partial charge in [-0.3, -0.25) is 24.5 Å². The Balaban J connectivity index is 1.92. The first-order valence-electron chi connectivity index (χ1n) is 11.3. The molecule has 0 saturated carbocycles. The highest BCUT2D eigenvalue weighted by atomic mass is 32.3. The van der Waals surface area contributed by atoms with Crippen LogP contribution in [-0.2, 0) is 30.1 Å². The SMILES string of the molecule is COc1c(C(=O)Nc2ccc(NS(=O)(=O)CS(C)(=O)=O)cn2)cc(N2CCC(=O)NC2=O)cc1C(C)(C)C. The van der Waals surface area contributed by atoms with E-state index in [0.717, 1.165) is 12.5 Å². The lowest BCUT2D eigenvalue weighted by atomic mass is 9.84. The fraction of sp³-hybridized carbons (Fsp3) is 0.391. The van der Waals surface area contributed by atoms with Gasteiger partial charge in [0.15, 0.2) is 14.9 Å². The number of nitrogens with zero attached hydrogens (tertiary/aromatic N) is 2. The molecule has 13 nitrogen and oxygen atoms in total. The molecule has 206 valence electrons. The number of amides is 4. The third kappa shape index (κ3) is 7.19. The summed E-state index contributed by atoms with van der Waals surface area (Å²) in [6.07, 6.45) is 2.03. The number of hydrogen-bond donors (Lipinski definition) is 3. The summed E-state index contributed by atoms with van der Waals surface area (Å²) in [4.78, 5) is 42.8. The van der Waals surface area contributed by atoms with E-state index >= 15 is 0 Å². The van der Waals surface area contributed by atoms with E-state index in [4.69, 9.17) is 4.74 Å². The van der Waals surface area contributed by atoms with Crippen molar-refractivity contribution in [3.63, 3.8) is 0 Å². The number of urea groups is 1. The number of ether oxygens (including phenoxy) is 1. The molecule has 0 bridgehead atoms. The van der Waals surface area contributed by atoms with E-state index < -0.39 is 42.3 Å². The lowest BCUT2D eigenvalue weighted by Gasteiger charge is -2.30. The molecule has 3 N–H and O–H groups in total. The van der Waals surface area contributed by atoms with Crippen molar-refractivity contribution in [3.8, 4) is 5.75 Å². The number of methoxy groups -OCH3 is 1. The van der Waals surface area contributed by atoms with Gasteiger partial charge in [0.25, 0.3) is 5.91 Å². The maximum atomic E-state index is 13.3. The minimum absolute atomic E-state index is 0.00639. The van der Waals surface area contributed by atoms with E-state index in [0.29, 0.717) is 11.3 Å². The van der Waals surface area contributed by atoms with Crippen LogP contribution in [-0.4, -0.2) is 64.7 Å². The third-order valence-corrected chi connectivity index (χ3v) is 8.84. The summed E-state index contributed by atoms with van der Waals surface area (Å²) in [6, 6.07) is 5.26. The van der Waals surface area contributed by atoms with E-state index in [1.807, 2.05) is 20.8 Å². The lowest BCUT2D eigenvalue weighted by Crippen LogP contribution is -2.49. The second-order valence-corrected chi connectivity index (χ2v) is 14.0. The van der Waals surface area contributed by atoms with Gasteiger partial charge in [0.05, 0.1) is 24.6 Å². The Morgan fingerprint density at radius 1 is 1.16 bits per heavy atom. The number of hydrogen-bond acceptors (Lipinski definition) is 9. The molecule has 1 aromatic carbocycles. The summed E-state index contributed by atoms with van der Waals surface area (Å²) < 4.78 is 54.3. The predicted molar refractivity (Wildman–Crippen MR) is 142 cm³/mol. The van der Waals surface area contributed by atoms with Crippen LogP contribution in [0.2, 0.25) is 0 Å². The second kappa shape index (κ2) is 10.6. The maximum absolute atomic E-state index is 13.3. The number of sulfone groups is 1. The molecule has 0 spiro atoms. The van der Waals surface area contributed by atoms with Gasteiger partial charge < -0.3 is 10.1 Å². The van der Waals surface area contributed by atoms with Crippen LogP contribution < -0.4 is 25.0 Å². The molecule has 1 aromatic heterocycles. The molecule has 4 amide bonds. The molecular formula is C23H29N5O8S2. The van der Waals surface area contributed by atoms with Crippen LogP contribution in [0.1, 0.15) is 43.1 Å². The minimum Gasteiger partial charge on any atom is -0.496 e. The highest BCUT2D eigenvalue weighted by Gasteiger charge is 2.30. The van der Waals surface area contributed by atoms with E-state index in [2.05, 4.69) is 20.3 Å². The molecule has 1 saturated heterocycles. The Labute approximate surface area is 220 Å². The average Bonchev–Trinajstić information content (AvgIpc) is 2.77. The lowest BCUT2D eigenvalue weighted by molar-refractivity contribution is -0.120. The Morgan fingerprint density at radius 3 is 2.37 bits per heavy atom. The molecule has 0 radical (unpaired) electrons. The number of carbonyl (C=O) groups is 3. The van der Waals surface area contributed by atoms with Crippen molar-refractivity contribution in [2.24, 2.45) is 0 Å². The van der Waals surface area contributed by atoms with Gasteiger partial charge in [0.2, 0.25) is 15.9 Å². The number of rotatable bonds is 8. The molecule has 2 heterocycles. The molecule has 1 fully saturated rings. The van der Waals surface area contributed by atoms with Crippen LogP contribution in [0.3, 0.4) is 0 Å². The van der Waals surface area contributed by atoms with Crippen LogP contribution in [0.25, 0.3) is 0 Å². The Kier molecular flexibility index (Phi) is 8.02. The zero-order chi connectivity index (χ0) is 28.5. The number of nitrogens with one attached hydrogen (secondary N) is 3. The molecule has 0 unspecified atom stereocenters. The van der Waals surface area contributed by atoms with Gasteiger partial charge >= 0.3 is 6.03 Å². The van der Waals surface area contributed by atoms with Crippen LogP contribution in [0.5, 0.6) is 5.75 Å². The Bertz CT molecular complexity index is 1480. The fourth-order valence-electron chi connectivity index (χ4n) is 3.73. The molecule has 1 aliphatic rings. The van der Waals surface area contributed by atoms with Crippen molar-refractivity contribution < 1.29 is 36.0 Å². The number of anilines is 3. The molecule has 1 aliphatic heterocycles. The van der Waals surface area contributed by atoms with Crippen molar-refractivity contribution in [3.05, 3.63) is 41.6 Å². The number of carbonyl (C=O) groups excluding carboxylic acids is 3. The van der Waals surface area contributed by atoms with Crippen molar-refractivity contribution in [1.82, 2.24) is 10.3 Å². The van der Waals surface area contributed by atoms with Crippen molar-refractivity contribution in [1.29, 1.82) is 0 Å². The van der Waals surface area contributed by atoms with E-state index in [1.165, 1.54) is 30.2 Å². The highest BCUT2D eigenvalue weighted by Crippen LogP contribution is 2.38. The van der Waals surface area contributed by atoms with Gasteiger partial charge in [-0.25, -0.2) is 26.6 Å². The highest BCUT2D eigenvalue weighted by molar-refractivity contribution is 8.08. The first-order valence-corrected chi connectivity index (χ1v) is 15.0. The summed E-state index contributed by atoms with van der Waals surface area (Å²) in [7, 11) is -6.52. The van der Waals surface area contributed by atoms with Crippen LogP contribution in [0.4, 0.5) is 22.0 Å². The Morgan fingerprint density at radius 2 is 1.84 bits per heavy atom. The zero-order valence-corrected chi connectivity index (χ0v) is 23.1. The Hall–Kier alpha value is -3.72. The van der Waals surface area contributed by atoms with Crippen molar-refractivity contribution >= 4 is 54.9 Å². The topological polar surface area (TPSA) is 181 Å². The molecule has 2 aromatic rings. The molecule has 38 heavy (non-hydrogen) atoms. The third-order valence-electron chi connectivity index (χ3n) is 5.34. The smallest absolute Gasteiger partial charge is 0.328 e. The van der Waals surface area contributed by atoms with Gasteiger partial charge in [-0.1, -0.05) is 20.8 Å². The quantitative estimate of drug-likeness (QED) is 0.429. The largest absolute Gasteiger partial charge is 0.496 e. The molecule has 0 aliphatic carbocycles. The van der Waals surface area contributed by atoms with Crippen molar-refractivity contribution in [2.75, 3.05) is 39.9 Å². The first kappa shape index (κ1) is 28.8. The van der Waals surface area contributed by atoms with Gasteiger partial charge in [-0.05, 0) is 29.7 Å². The summed E-state index contributed by atoms with van der Waals surface area (Å²) >= 11 is 0. The summed E-state index contributed by atoms with van der Waals surface area (Å²) in [5, 5.41) is 3.78. The number of aromatic nitrogens is 1. The first-order chi connectivity index (χ1) is 17.5. The summed E-state index contributed by atoms with van der Waals surface area (Å²) in [5.41, 5.74) is 0.679. The van der Waals surface area contributed by atoms with Crippen LogP contribution >= 0.6 is 0 Å². The molecule has 15 heteroatoms. The molecule has 3 rings (SSSR count). The minimum atomic E-state index is -4.16. The predicted octanol–water partition coefficient (Wildman–Crippen LogP) is 1.83. The normalized spacial score (nSPS) is 14.6. The standard InChI is InChI=1S/C23H29N5O8S2/c1-23(2,3)17-11-15(28-9-8-19(29)26-22(28)31)10-16(20(17)36-4)21(30)25-18-7-6-14(12-24-18)27-38(34,35)13-37(5,32)33/h6-7,10-12,27H,8-9,13H2,1-5H3,(H,24,25,30)(H,26,29,31). The number of imide groups is 1.